The van der Waals surface area contributed by atoms with Crippen LogP contribution in [0.2, 0.25) is 0 Å². The fraction of sp³-hybridized carbons (Fsp3) is 0.273. The maximum absolute atomic E-state index is 6.04. The van der Waals surface area contributed by atoms with Crippen molar-refractivity contribution in [3.8, 4) is 22.8 Å². The summed E-state index contributed by atoms with van der Waals surface area (Å²) in [4.78, 5) is 10.6. The Bertz CT molecular complexity index is 1070. The monoisotopic (exact) mass is 373 g/mol. The zero-order valence-electron chi connectivity index (χ0n) is 15.9. The van der Waals surface area contributed by atoms with E-state index in [-0.39, 0.29) is 0 Å². The molecule has 0 bridgehead atoms. The first-order valence-corrected chi connectivity index (χ1v) is 9.71. The van der Waals surface area contributed by atoms with Gasteiger partial charge in [-0.25, -0.2) is 4.98 Å². The van der Waals surface area contributed by atoms with Crippen molar-refractivity contribution in [2.45, 2.75) is 25.3 Å². The lowest BCUT2D eigenvalue weighted by Gasteiger charge is -2.17. The van der Waals surface area contributed by atoms with Gasteiger partial charge >= 0.3 is 0 Å². The Kier molecular flexibility index (Phi) is 4.33. The van der Waals surface area contributed by atoms with Crippen LogP contribution in [-0.4, -0.2) is 44.7 Å². The number of nitrogens with one attached hydrogen (secondary N) is 2. The van der Waals surface area contributed by atoms with Gasteiger partial charge in [0.15, 0.2) is 0 Å². The first kappa shape index (κ1) is 17.0. The summed E-state index contributed by atoms with van der Waals surface area (Å²) in [7, 11) is 2.20. The van der Waals surface area contributed by atoms with Crippen LogP contribution in [0, 0.1) is 0 Å². The lowest BCUT2D eigenvalue weighted by atomic mass is 10.1. The van der Waals surface area contributed by atoms with E-state index >= 15 is 0 Å². The quantitative estimate of drug-likeness (QED) is 0.545. The third-order valence-electron chi connectivity index (χ3n) is 5.50. The molecule has 1 saturated heterocycles. The van der Waals surface area contributed by atoms with E-state index in [4.69, 9.17) is 9.72 Å². The zero-order valence-corrected chi connectivity index (χ0v) is 15.9. The lowest BCUT2D eigenvalue weighted by Crippen LogP contribution is -2.27. The van der Waals surface area contributed by atoms with Crippen LogP contribution in [0.3, 0.4) is 0 Å². The molecule has 3 heterocycles. The third-order valence-corrected chi connectivity index (χ3v) is 5.50. The molecule has 1 atom stereocenters. The van der Waals surface area contributed by atoms with Crippen molar-refractivity contribution < 1.29 is 4.74 Å². The van der Waals surface area contributed by atoms with Gasteiger partial charge in [-0.3, -0.25) is 5.10 Å². The number of aromatic nitrogens is 4. The zero-order chi connectivity index (χ0) is 18.9. The maximum Gasteiger partial charge on any atom is 0.129 e. The Labute approximate surface area is 163 Å². The van der Waals surface area contributed by atoms with Crippen molar-refractivity contribution >= 4 is 11.0 Å². The normalized spacial score (nSPS) is 17.4. The highest BCUT2D eigenvalue weighted by Crippen LogP contribution is 2.27. The molecule has 2 aromatic heterocycles. The lowest BCUT2D eigenvalue weighted by molar-refractivity contribution is 0.306. The molecule has 6 nitrogen and oxygen atoms in total. The van der Waals surface area contributed by atoms with Gasteiger partial charge < -0.3 is 14.6 Å². The van der Waals surface area contributed by atoms with E-state index in [1.54, 1.807) is 6.20 Å². The molecule has 1 aliphatic rings. The number of nitrogens with zero attached hydrogens (tertiary/aromatic N) is 3. The Morgan fingerprint density at radius 1 is 1.11 bits per heavy atom. The van der Waals surface area contributed by atoms with Crippen molar-refractivity contribution in [1.29, 1.82) is 0 Å². The van der Waals surface area contributed by atoms with E-state index in [9.17, 15) is 0 Å². The molecule has 0 radical (unpaired) electrons. The van der Waals surface area contributed by atoms with Crippen LogP contribution in [0.15, 0.2) is 54.7 Å². The minimum Gasteiger partial charge on any atom is -0.457 e. The average molecular weight is 373 g/mol. The second-order valence-electron chi connectivity index (χ2n) is 7.44. The van der Waals surface area contributed by atoms with E-state index in [1.165, 1.54) is 19.4 Å². The van der Waals surface area contributed by atoms with Crippen molar-refractivity contribution in [1.82, 2.24) is 25.1 Å². The number of hydrogen-bond acceptors (Lipinski definition) is 4. The van der Waals surface area contributed by atoms with Crippen molar-refractivity contribution in [2.24, 2.45) is 0 Å². The van der Waals surface area contributed by atoms with Gasteiger partial charge in [0, 0.05) is 24.7 Å². The number of imidazole rings is 1. The van der Waals surface area contributed by atoms with Crippen LogP contribution in [0.5, 0.6) is 11.5 Å². The average Bonchev–Trinajstić information content (AvgIpc) is 3.44. The molecule has 2 aromatic carbocycles. The Balaban J connectivity index is 1.32. The van der Waals surface area contributed by atoms with Gasteiger partial charge in [0.2, 0.25) is 0 Å². The van der Waals surface area contributed by atoms with Crippen LogP contribution in [0.25, 0.3) is 22.3 Å². The van der Waals surface area contributed by atoms with Crippen molar-refractivity contribution in [3.05, 3.63) is 60.6 Å². The van der Waals surface area contributed by atoms with Gasteiger partial charge in [0.1, 0.15) is 17.3 Å². The molecule has 1 unspecified atom stereocenters. The predicted octanol–water partition coefficient (Wildman–Crippen LogP) is 4.38. The number of aromatic amines is 2. The van der Waals surface area contributed by atoms with Gasteiger partial charge in [0.05, 0.1) is 16.7 Å². The van der Waals surface area contributed by atoms with Crippen LogP contribution < -0.4 is 4.74 Å². The number of benzene rings is 2. The summed E-state index contributed by atoms with van der Waals surface area (Å²) in [6, 6.07) is 16.5. The summed E-state index contributed by atoms with van der Waals surface area (Å²) >= 11 is 0. The molecule has 2 N–H and O–H groups in total. The molecule has 4 aromatic rings. The maximum atomic E-state index is 6.04. The van der Waals surface area contributed by atoms with Gasteiger partial charge in [-0.1, -0.05) is 0 Å². The summed E-state index contributed by atoms with van der Waals surface area (Å²) < 4.78 is 6.04. The van der Waals surface area contributed by atoms with Gasteiger partial charge in [-0.2, -0.15) is 5.10 Å². The van der Waals surface area contributed by atoms with E-state index in [2.05, 4.69) is 27.1 Å². The highest BCUT2D eigenvalue weighted by molar-refractivity contribution is 5.77. The topological polar surface area (TPSA) is 69.8 Å². The van der Waals surface area contributed by atoms with Crippen molar-refractivity contribution in [2.75, 3.05) is 13.6 Å². The van der Waals surface area contributed by atoms with Gasteiger partial charge in [-0.15, -0.1) is 0 Å². The predicted molar refractivity (Wildman–Crippen MR) is 110 cm³/mol. The molecule has 0 aliphatic carbocycles. The molecule has 0 amide bonds. The highest BCUT2D eigenvalue weighted by Gasteiger charge is 2.22. The summed E-state index contributed by atoms with van der Waals surface area (Å²) in [5.74, 6) is 2.65. The van der Waals surface area contributed by atoms with E-state index < -0.39 is 0 Å². The van der Waals surface area contributed by atoms with Crippen LogP contribution >= 0.6 is 0 Å². The molecule has 5 rings (SSSR count). The molecular weight excluding hydrogens is 350 g/mol. The molecule has 1 fully saturated rings. The second-order valence-corrected chi connectivity index (χ2v) is 7.44. The molecule has 28 heavy (non-hydrogen) atoms. The van der Waals surface area contributed by atoms with E-state index in [0.29, 0.717) is 6.04 Å². The Morgan fingerprint density at radius 3 is 2.71 bits per heavy atom. The standard InChI is InChI=1S/C22H23N5O/c1-27-12-2-3-16(27)13-22-24-20-9-8-18(14-21(20)25-22)28-17-6-4-15(5-7-17)19-10-11-23-26-19/h4-11,14,16H,2-3,12-13H2,1H3,(H,23,26)(H,24,25). The largest absolute Gasteiger partial charge is 0.457 e. The first-order valence-electron chi connectivity index (χ1n) is 9.71. The number of likely N-dealkylation sites (tertiary alicyclic amines) is 1. The summed E-state index contributed by atoms with van der Waals surface area (Å²) in [6.07, 6.45) is 5.24. The number of likely N-dealkylation sites (N-methyl/N-ethyl adjacent to an activating group) is 1. The minimum absolute atomic E-state index is 0.588. The molecule has 0 spiro atoms. The van der Waals surface area contributed by atoms with E-state index in [0.717, 1.165) is 46.0 Å². The molecular formula is C22H23N5O. The summed E-state index contributed by atoms with van der Waals surface area (Å²) in [5.41, 5.74) is 4.07. The van der Waals surface area contributed by atoms with Crippen LogP contribution in [-0.2, 0) is 6.42 Å². The second kappa shape index (κ2) is 7.13. The van der Waals surface area contributed by atoms with E-state index in [1.807, 2.05) is 48.5 Å². The fourth-order valence-corrected chi connectivity index (χ4v) is 3.92. The summed E-state index contributed by atoms with van der Waals surface area (Å²) in [5, 5.41) is 6.96. The smallest absolute Gasteiger partial charge is 0.129 e. The SMILES string of the molecule is CN1CCCC1Cc1nc2ccc(Oc3ccc(-c4ccn[nH]4)cc3)cc2[nH]1. The highest BCUT2D eigenvalue weighted by atomic mass is 16.5. The number of hydrogen-bond donors (Lipinski definition) is 2. The first-order chi connectivity index (χ1) is 13.7. The molecule has 6 heteroatoms. The third kappa shape index (κ3) is 3.39. The molecule has 0 saturated carbocycles. The Morgan fingerprint density at radius 2 is 1.96 bits per heavy atom. The molecule has 1 aliphatic heterocycles. The number of rotatable bonds is 5. The van der Waals surface area contributed by atoms with Gasteiger partial charge in [-0.05, 0) is 74.5 Å². The molecule has 142 valence electrons. The minimum atomic E-state index is 0.588. The fourth-order valence-electron chi connectivity index (χ4n) is 3.92. The number of H-pyrrole nitrogens is 2. The van der Waals surface area contributed by atoms with Crippen molar-refractivity contribution in [3.63, 3.8) is 0 Å². The summed E-state index contributed by atoms with van der Waals surface area (Å²) in [6.45, 7) is 1.18. The van der Waals surface area contributed by atoms with Gasteiger partial charge in [0.25, 0.3) is 0 Å². The number of fused-ring (bicyclic) bond motifs is 1. The number of ether oxygens (including phenoxy) is 1. The Hall–Kier alpha value is -3.12. The van der Waals surface area contributed by atoms with Crippen LogP contribution in [0.4, 0.5) is 0 Å². The van der Waals surface area contributed by atoms with Crippen LogP contribution in [0.1, 0.15) is 18.7 Å².